The molecule has 0 N–H and O–H groups in total. The van der Waals surface area contributed by atoms with Gasteiger partial charge in [0.2, 0.25) is 0 Å². The van der Waals surface area contributed by atoms with E-state index in [2.05, 4.69) is 45.4 Å². The van der Waals surface area contributed by atoms with Crippen LogP contribution in [0.15, 0.2) is 17.7 Å². The van der Waals surface area contributed by atoms with E-state index in [1.54, 1.807) is 0 Å². The van der Waals surface area contributed by atoms with E-state index in [4.69, 9.17) is 17.2 Å². The SMILES string of the molecule is CCc1ccc(CC)c2c1[CH]C(C)=C2.[Cl][Hf][Cl]. The van der Waals surface area contributed by atoms with Crippen molar-refractivity contribution < 1.29 is 20.5 Å². The summed E-state index contributed by atoms with van der Waals surface area (Å²) in [4.78, 5) is 0. The van der Waals surface area contributed by atoms with Crippen LogP contribution in [0.25, 0.3) is 6.08 Å². The Morgan fingerprint density at radius 2 is 1.47 bits per heavy atom. The average molecular weight is 435 g/mol. The van der Waals surface area contributed by atoms with Crippen molar-refractivity contribution in [1.29, 1.82) is 0 Å². The van der Waals surface area contributed by atoms with Gasteiger partial charge in [-0.25, -0.2) is 0 Å². The first-order valence-corrected chi connectivity index (χ1v) is 14.7. The van der Waals surface area contributed by atoms with Gasteiger partial charge >= 0.3 is 37.7 Å². The Hall–Kier alpha value is 0.410. The quantitative estimate of drug-likeness (QED) is 0.564. The third-order valence-corrected chi connectivity index (χ3v) is 2.97. The van der Waals surface area contributed by atoms with E-state index < -0.39 is 20.5 Å². The molecule has 0 saturated heterocycles. The fourth-order valence-corrected chi connectivity index (χ4v) is 2.18. The molecule has 0 nitrogen and oxygen atoms in total. The van der Waals surface area contributed by atoms with E-state index in [0.717, 1.165) is 12.8 Å². The van der Waals surface area contributed by atoms with Crippen LogP contribution in [0.4, 0.5) is 0 Å². The summed E-state index contributed by atoms with van der Waals surface area (Å²) < 4.78 is 0. The molecule has 3 heteroatoms. The Morgan fingerprint density at radius 1 is 1.00 bits per heavy atom. The number of hydrogen-bond acceptors (Lipinski definition) is 0. The van der Waals surface area contributed by atoms with Gasteiger partial charge in [-0.1, -0.05) is 37.6 Å². The standard InChI is InChI=1S/C14H17.2ClH.Hf/c1-4-11-6-7-12(5-2)14-9-10(3)8-13(11)14;;;/h6-9H,4-5H2,1-3H3;2*1H;/q;;;+2/p-2. The van der Waals surface area contributed by atoms with E-state index in [9.17, 15) is 0 Å². The van der Waals surface area contributed by atoms with Crippen molar-refractivity contribution in [2.45, 2.75) is 33.6 Å². The van der Waals surface area contributed by atoms with Crippen LogP contribution in [-0.4, -0.2) is 0 Å². The molecule has 1 aliphatic carbocycles. The summed E-state index contributed by atoms with van der Waals surface area (Å²) in [6.07, 6.45) is 6.88. The summed E-state index contributed by atoms with van der Waals surface area (Å²) in [5.41, 5.74) is 7.26. The second-order valence-electron chi connectivity index (χ2n) is 4.02. The zero-order valence-electron chi connectivity index (χ0n) is 10.5. The van der Waals surface area contributed by atoms with Crippen LogP contribution >= 0.6 is 17.2 Å². The minimum absolute atomic E-state index is 0.972. The molecular weight excluding hydrogens is 418 g/mol. The zero-order chi connectivity index (χ0) is 12.8. The van der Waals surface area contributed by atoms with E-state index in [1.165, 1.54) is 27.8 Å². The first-order valence-electron chi connectivity index (χ1n) is 5.81. The third-order valence-electron chi connectivity index (χ3n) is 2.97. The Kier molecular flexibility index (Phi) is 7.06. The van der Waals surface area contributed by atoms with Crippen molar-refractivity contribution in [2.24, 2.45) is 0 Å². The normalized spacial score (nSPS) is 12.4. The van der Waals surface area contributed by atoms with Crippen LogP contribution in [0.2, 0.25) is 0 Å². The van der Waals surface area contributed by atoms with Crippen LogP contribution < -0.4 is 0 Å². The predicted octanol–water partition coefficient (Wildman–Crippen LogP) is 5.16. The fourth-order valence-electron chi connectivity index (χ4n) is 2.18. The predicted molar refractivity (Wildman–Crippen MR) is 74.0 cm³/mol. The summed E-state index contributed by atoms with van der Waals surface area (Å²) >= 11 is -0.972. The number of rotatable bonds is 2. The Balaban J connectivity index is 0.000000437. The van der Waals surface area contributed by atoms with Gasteiger partial charge in [-0.3, -0.25) is 0 Å². The molecule has 1 aromatic carbocycles. The molecule has 1 radical (unpaired) electrons. The third kappa shape index (κ3) is 3.94. The summed E-state index contributed by atoms with van der Waals surface area (Å²) in [7, 11) is 9.92. The second kappa shape index (κ2) is 7.76. The Labute approximate surface area is 123 Å². The van der Waals surface area contributed by atoms with Gasteiger partial charge < -0.3 is 0 Å². The van der Waals surface area contributed by atoms with Crippen molar-refractivity contribution in [1.82, 2.24) is 0 Å². The van der Waals surface area contributed by atoms with Crippen molar-refractivity contribution in [3.8, 4) is 0 Å². The molecule has 1 aliphatic rings. The number of benzene rings is 1. The van der Waals surface area contributed by atoms with Gasteiger partial charge in [-0.2, -0.15) is 0 Å². The molecule has 0 unspecified atom stereocenters. The summed E-state index contributed by atoms with van der Waals surface area (Å²) in [5, 5.41) is 0. The number of allylic oxidation sites excluding steroid dienone is 1. The van der Waals surface area contributed by atoms with Crippen molar-refractivity contribution >= 4 is 23.2 Å². The van der Waals surface area contributed by atoms with Gasteiger partial charge in [0.15, 0.2) is 0 Å². The van der Waals surface area contributed by atoms with Gasteiger partial charge in [0.25, 0.3) is 0 Å². The molecule has 0 heterocycles. The monoisotopic (exact) mass is 435 g/mol. The number of halogens is 2. The van der Waals surface area contributed by atoms with E-state index in [-0.39, 0.29) is 0 Å². The van der Waals surface area contributed by atoms with Crippen LogP contribution in [0.5, 0.6) is 0 Å². The van der Waals surface area contributed by atoms with E-state index >= 15 is 0 Å². The molecule has 0 spiro atoms. The maximum atomic E-state index is 4.96. The molecule has 91 valence electrons. The average Bonchev–Trinajstić information content (AvgIpc) is 2.70. The first-order chi connectivity index (χ1) is 8.17. The Bertz CT molecular complexity index is 411. The molecule has 2 rings (SSSR count). The van der Waals surface area contributed by atoms with Crippen molar-refractivity contribution in [3.63, 3.8) is 0 Å². The van der Waals surface area contributed by atoms with Gasteiger partial charge in [0, 0.05) is 6.42 Å². The Morgan fingerprint density at radius 3 is 1.94 bits per heavy atom. The minimum atomic E-state index is -0.972. The van der Waals surface area contributed by atoms with Crippen LogP contribution in [-0.2, 0) is 33.4 Å². The van der Waals surface area contributed by atoms with E-state index in [0.29, 0.717) is 0 Å². The fraction of sp³-hybridized carbons (Fsp3) is 0.357. The molecular formula is C14H17Cl2Hf. The summed E-state index contributed by atoms with van der Waals surface area (Å²) in [6, 6.07) is 4.56. The molecule has 17 heavy (non-hydrogen) atoms. The van der Waals surface area contributed by atoms with Crippen molar-refractivity contribution in [2.75, 3.05) is 0 Å². The van der Waals surface area contributed by atoms with Crippen LogP contribution in [0.1, 0.15) is 43.0 Å². The molecule has 0 aromatic heterocycles. The molecule has 0 amide bonds. The van der Waals surface area contributed by atoms with Gasteiger partial charge in [-0.05, 0) is 42.0 Å². The van der Waals surface area contributed by atoms with Gasteiger partial charge in [0.05, 0.1) is 0 Å². The molecule has 1 aromatic rings. The zero-order valence-corrected chi connectivity index (χ0v) is 15.6. The number of aryl methyl sites for hydroxylation is 2. The number of fused-ring (bicyclic) bond motifs is 1. The molecule has 0 saturated carbocycles. The first kappa shape index (κ1) is 15.5. The van der Waals surface area contributed by atoms with Crippen LogP contribution in [0.3, 0.4) is 0 Å². The summed E-state index contributed by atoms with van der Waals surface area (Å²) in [6.45, 7) is 6.63. The molecule has 0 atom stereocenters. The van der Waals surface area contributed by atoms with Crippen molar-refractivity contribution in [3.05, 3.63) is 46.4 Å². The summed E-state index contributed by atoms with van der Waals surface area (Å²) in [5.74, 6) is 0. The topological polar surface area (TPSA) is 0 Å². The second-order valence-corrected chi connectivity index (χ2v) is 9.21. The molecule has 0 fully saturated rings. The number of hydrogen-bond donors (Lipinski definition) is 0. The molecule has 0 bridgehead atoms. The van der Waals surface area contributed by atoms with Crippen LogP contribution in [0, 0.1) is 6.42 Å². The van der Waals surface area contributed by atoms with Gasteiger partial charge in [0.1, 0.15) is 0 Å². The maximum absolute atomic E-state index is 4.96. The van der Waals surface area contributed by atoms with Gasteiger partial charge in [-0.15, -0.1) is 0 Å². The van der Waals surface area contributed by atoms with E-state index in [1.807, 2.05) is 0 Å². The molecule has 0 aliphatic heterocycles.